The van der Waals surface area contributed by atoms with Gasteiger partial charge in [-0.3, -0.25) is 4.79 Å². The Labute approximate surface area is 132 Å². The summed E-state index contributed by atoms with van der Waals surface area (Å²) in [5, 5.41) is 3.71. The van der Waals surface area contributed by atoms with E-state index >= 15 is 0 Å². The summed E-state index contributed by atoms with van der Waals surface area (Å²) in [6.45, 7) is 0. The monoisotopic (exact) mass is 305 g/mol. The van der Waals surface area contributed by atoms with Crippen LogP contribution in [0.1, 0.15) is 28.9 Å². The van der Waals surface area contributed by atoms with E-state index in [1.807, 2.05) is 42.5 Å². The topological polar surface area (TPSA) is 74.8 Å². The minimum absolute atomic E-state index is 0.173. The molecular weight excluding hydrogens is 290 g/mol. The van der Waals surface area contributed by atoms with E-state index in [1.165, 1.54) is 0 Å². The maximum atomic E-state index is 12.7. The van der Waals surface area contributed by atoms with Gasteiger partial charge in [-0.1, -0.05) is 48.5 Å². The molecule has 1 saturated carbocycles. The summed E-state index contributed by atoms with van der Waals surface area (Å²) in [7, 11) is 0. The van der Waals surface area contributed by atoms with Gasteiger partial charge in [0.1, 0.15) is 5.69 Å². The van der Waals surface area contributed by atoms with Crippen molar-refractivity contribution in [3.8, 4) is 0 Å². The molecule has 0 atom stereocenters. The van der Waals surface area contributed by atoms with Gasteiger partial charge in [-0.2, -0.15) is 4.98 Å². The van der Waals surface area contributed by atoms with Gasteiger partial charge in [0.05, 0.1) is 11.1 Å². The number of amides is 1. The van der Waals surface area contributed by atoms with E-state index in [9.17, 15) is 9.59 Å². The molecule has 1 amide bonds. The molecule has 0 spiro atoms. The molecule has 4 rings (SSSR count). The second kappa shape index (κ2) is 5.05. The fourth-order valence-corrected chi connectivity index (χ4v) is 2.92. The van der Waals surface area contributed by atoms with Crippen LogP contribution in [0.5, 0.6) is 0 Å². The van der Waals surface area contributed by atoms with Crippen LogP contribution < -0.4 is 11.0 Å². The molecule has 3 aromatic rings. The van der Waals surface area contributed by atoms with E-state index in [-0.39, 0.29) is 17.1 Å². The van der Waals surface area contributed by atoms with E-state index in [2.05, 4.69) is 15.3 Å². The number of benzene rings is 2. The predicted molar refractivity (Wildman–Crippen MR) is 87.2 cm³/mol. The van der Waals surface area contributed by atoms with Crippen molar-refractivity contribution in [2.24, 2.45) is 0 Å². The van der Waals surface area contributed by atoms with Crippen molar-refractivity contribution < 1.29 is 4.79 Å². The molecule has 23 heavy (non-hydrogen) atoms. The quantitative estimate of drug-likeness (QED) is 0.780. The van der Waals surface area contributed by atoms with Crippen LogP contribution >= 0.6 is 0 Å². The van der Waals surface area contributed by atoms with Crippen LogP contribution in [0.15, 0.2) is 59.4 Å². The van der Waals surface area contributed by atoms with E-state index in [0.29, 0.717) is 10.9 Å². The Bertz CT molecular complexity index is 943. The minimum atomic E-state index is -0.515. The van der Waals surface area contributed by atoms with Crippen molar-refractivity contribution in [2.75, 3.05) is 0 Å². The number of aromatic nitrogens is 2. The van der Waals surface area contributed by atoms with Crippen LogP contribution in [0.25, 0.3) is 10.9 Å². The number of nitrogens with one attached hydrogen (secondary N) is 2. The van der Waals surface area contributed by atoms with Gasteiger partial charge in [-0.15, -0.1) is 0 Å². The minimum Gasteiger partial charge on any atom is -0.341 e. The zero-order chi connectivity index (χ0) is 15.9. The summed E-state index contributed by atoms with van der Waals surface area (Å²) in [4.78, 5) is 31.0. The standard InChI is InChI=1S/C18H15N3O2/c22-16(21-18(10-11-18)12-6-2-1-3-7-12)15-13-8-4-5-9-14(13)19-17(23)20-15/h1-9H,10-11H2,(H,21,22)(H,19,20,23). The molecule has 2 aromatic carbocycles. The van der Waals surface area contributed by atoms with Crippen molar-refractivity contribution in [3.05, 3.63) is 76.3 Å². The first kappa shape index (κ1) is 13.7. The van der Waals surface area contributed by atoms with E-state index in [1.54, 1.807) is 12.1 Å². The van der Waals surface area contributed by atoms with Gasteiger partial charge in [-0.05, 0) is 24.5 Å². The van der Waals surface area contributed by atoms with Gasteiger partial charge in [0.15, 0.2) is 0 Å². The Balaban J connectivity index is 1.72. The lowest BCUT2D eigenvalue weighted by Gasteiger charge is -2.18. The zero-order valence-corrected chi connectivity index (χ0v) is 12.4. The summed E-state index contributed by atoms with van der Waals surface area (Å²) in [6, 6.07) is 17.1. The Hall–Kier alpha value is -2.95. The van der Waals surface area contributed by atoms with Crippen molar-refractivity contribution in [3.63, 3.8) is 0 Å². The van der Waals surface area contributed by atoms with Crippen molar-refractivity contribution in [2.45, 2.75) is 18.4 Å². The maximum absolute atomic E-state index is 12.7. The number of carbonyl (C=O) groups is 1. The summed E-state index contributed by atoms with van der Waals surface area (Å²) >= 11 is 0. The maximum Gasteiger partial charge on any atom is 0.346 e. The highest BCUT2D eigenvalue weighted by molar-refractivity contribution is 6.04. The Morgan fingerprint density at radius 2 is 1.74 bits per heavy atom. The summed E-state index contributed by atoms with van der Waals surface area (Å²) in [5.74, 6) is -0.311. The lowest BCUT2D eigenvalue weighted by atomic mass is 10.0. The number of hydrogen-bond donors (Lipinski definition) is 2. The van der Waals surface area contributed by atoms with Gasteiger partial charge >= 0.3 is 5.69 Å². The lowest BCUT2D eigenvalue weighted by molar-refractivity contribution is 0.0927. The van der Waals surface area contributed by atoms with Crippen LogP contribution in [0.4, 0.5) is 0 Å². The third-order valence-electron chi connectivity index (χ3n) is 4.28. The molecule has 5 nitrogen and oxygen atoms in total. The molecule has 0 unspecified atom stereocenters. The Kier molecular flexibility index (Phi) is 3.01. The molecule has 0 radical (unpaired) electrons. The lowest BCUT2D eigenvalue weighted by Crippen LogP contribution is -2.36. The average Bonchev–Trinajstić information content (AvgIpc) is 3.35. The van der Waals surface area contributed by atoms with Gasteiger partial charge in [0.25, 0.3) is 5.91 Å². The highest BCUT2D eigenvalue weighted by Gasteiger charge is 2.45. The van der Waals surface area contributed by atoms with Crippen LogP contribution in [-0.2, 0) is 5.54 Å². The second-order valence-electron chi connectivity index (χ2n) is 5.84. The number of hydrogen-bond acceptors (Lipinski definition) is 3. The summed E-state index contributed by atoms with van der Waals surface area (Å²) in [5.41, 5.74) is 1.03. The third kappa shape index (κ3) is 2.40. The van der Waals surface area contributed by atoms with Crippen LogP contribution in [0.3, 0.4) is 0 Å². The molecular formula is C18H15N3O2. The fourth-order valence-electron chi connectivity index (χ4n) is 2.92. The van der Waals surface area contributed by atoms with E-state index in [4.69, 9.17) is 0 Å². The number of aromatic amines is 1. The van der Waals surface area contributed by atoms with E-state index < -0.39 is 5.69 Å². The van der Waals surface area contributed by atoms with Gasteiger partial charge < -0.3 is 10.3 Å². The predicted octanol–water partition coefficient (Wildman–Crippen LogP) is 2.34. The van der Waals surface area contributed by atoms with Crippen LogP contribution in [0, 0.1) is 0 Å². The Morgan fingerprint density at radius 3 is 2.48 bits per heavy atom. The molecule has 0 bridgehead atoms. The molecule has 1 aliphatic carbocycles. The Morgan fingerprint density at radius 1 is 1.04 bits per heavy atom. The molecule has 1 fully saturated rings. The first-order chi connectivity index (χ1) is 11.2. The van der Waals surface area contributed by atoms with Crippen molar-refractivity contribution in [1.29, 1.82) is 0 Å². The third-order valence-corrected chi connectivity index (χ3v) is 4.28. The molecule has 114 valence electrons. The number of nitrogens with zero attached hydrogens (tertiary/aromatic N) is 1. The highest BCUT2D eigenvalue weighted by Crippen LogP contribution is 2.45. The van der Waals surface area contributed by atoms with Gasteiger partial charge in [-0.25, -0.2) is 4.79 Å². The first-order valence-corrected chi connectivity index (χ1v) is 7.55. The molecule has 0 saturated heterocycles. The number of rotatable bonds is 3. The van der Waals surface area contributed by atoms with Crippen LogP contribution in [0.2, 0.25) is 0 Å². The average molecular weight is 305 g/mol. The second-order valence-corrected chi connectivity index (χ2v) is 5.84. The summed E-state index contributed by atoms with van der Waals surface area (Å²) in [6.07, 6.45) is 1.79. The number of para-hydroxylation sites is 1. The van der Waals surface area contributed by atoms with Crippen LogP contribution in [-0.4, -0.2) is 15.9 Å². The van der Waals surface area contributed by atoms with Crippen molar-refractivity contribution in [1.82, 2.24) is 15.3 Å². The first-order valence-electron chi connectivity index (χ1n) is 7.55. The zero-order valence-electron chi connectivity index (χ0n) is 12.4. The largest absolute Gasteiger partial charge is 0.346 e. The van der Waals surface area contributed by atoms with Gasteiger partial charge in [0, 0.05) is 5.39 Å². The fraction of sp³-hybridized carbons (Fsp3) is 0.167. The summed E-state index contributed by atoms with van der Waals surface area (Å²) < 4.78 is 0. The highest BCUT2D eigenvalue weighted by atomic mass is 16.2. The normalized spacial score (nSPS) is 15.3. The molecule has 1 aromatic heterocycles. The van der Waals surface area contributed by atoms with Gasteiger partial charge in [0.2, 0.25) is 0 Å². The molecule has 2 N–H and O–H groups in total. The number of H-pyrrole nitrogens is 1. The number of fused-ring (bicyclic) bond motifs is 1. The molecule has 5 heteroatoms. The number of carbonyl (C=O) groups excluding carboxylic acids is 1. The smallest absolute Gasteiger partial charge is 0.341 e. The molecule has 1 aliphatic rings. The molecule has 0 aliphatic heterocycles. The SMILES string of the molecule is O=C(NC1(c2ccccc2)CC1)c1nc(=O)[nH]c2ccccc12. The van der Waals surface area contributed by atoms with Crippen molar-refractivity contribution >= 4 is 16.8 Å². The van der Waals surface area contributed by atoms with E-state index in [0.717, 1.165) is 18.4 Å². The molecule has 1 heterocycles.